The molecule has 2 aliphatic heterocycles. The molecule has 2 aromatic heterocycles. The van der Waals surface area contributed by atoms with Crippen LogP contribution in [0.1, 0.15) is 6.42 Å². The molecule has 0 spiro atoms. The van der Waals surface area contributed by atoms with Crippen LogP contribution in [0.3, 0.4) is 0 Å². The molecular weight excluding hydrogens is 415 g/mol. The molecule has 4 heterocycles. The van der Waals surface area contributed by atoms with Crippen molar-refractivity contribution in [2.24, 2.45) is 5.92 Å². The van der Waals surface area contributed by atoms with Crippen LogP contribution in [0.4, 0.5) is 15.9 Å². The smallest absolute Gasteiger partial charge is 0.228 e. The molecule has 2 amide bonds. The van der Waals surface area contributed by atoms with E-state index in [9.17, 15) is 14.0 Å². The average molecular weight is 436 g/mol. The number of hydrogen-bond acceptors (Lipinski definition) is 7. The fraction of sp³-hybridized carbons (Fsp3) is 0.333. The van der Waals surface area contributed by atoms with Gasteiger partial charge in [-0.3, -0.25) is 9.59 Å². The van der Waals surface area contributed by atoms with Crippen LogP contribution < -0.4 is 9.80 Å². The zero-order chi connectivity index (χ0) is 22.1. The number of amides is 2. The molecule has 164 valence electrons. The fourth-order valence-corrected chi connectivity index (χ4v) is 4.14. The van der Waals surface area contributed by atoms with Gasteiger partial charge in [-0.15, -0.1) is 0 Å². The van der Waals surface area contributed by atoms with Crippen LogP contribution in [0.25, 0.3) is 5.82 Å². The van der Waals surface area contributed by atoms with Crippen molar-refractivity contribution >= 4 is 23.3 Å². The second kappa shape index (κ2) is 8.33. The number of aromatic nitrogens is 5. The number of carbonyl (C=O) groups excluding carboxylic acids is 2. The second-order valence-electron chi connectivity index (χ2n) is 7.77. The Labute approximate surface area is 183 Å². The number of carbonyl (C=O) groups is 2. The van der Waals surface area contributed by atoms with Crippen LogP contribution in [0.2, 0.25) is 0 Å². The fourth-order valence-electron chi connectivity index (χ4n) is 4.14. The van der Waals surface area contributed by atoms with Gasteiger partial charge >= 0.3 is 0 Å². The molecule has 2 aliphatic rings. The first-order valence-corrected chi connectivity index (χ1v) is 10.4. The van der Waals surface area contributed by atoms with Gasteiger partial charge in [0, 0.05) is 50.9 Å². The first-order chi connectivity index (χ1) is 15.6. The molecule has 2 saturated heterocycles. The Hall–Kier alpha value is -3.89. The Morgan fingerprint density at radius 3 is 2.59 bits per heavy atom. The van der Waals surface area contributed by atoms with E-state index < -0.39 is 11.7 Å². The SMILES string of the molecule is O=C(C1CC(=O)N(c2cccc(F)c2)C1)N1CCN(c2cc(-n3cncn3)ncn2)CC1. The van der Waals surface area contributed by atoms with Gasteiger partial charge in [0.2, 0.25) is 11.8 Å². The minimum absolute atomic E-state index is 0.0390. The van der Waals surface area contributed by atoms with Gasteiger partial charge in [-0.25, -0.2) is 24.0 Å². The molecule has 0 radical (unpaired) electrons. The molecular formula is C21H21FN8O2. The predicted molar refractivity (Wildman–Crippen MR) is 113 cm³/mol. The zero-order valence-corrected chi connectivity index (χ0v) is 17.2. The summed E-state index contributed by atoms with van der Waals surface area (Å²) in [5.41, 5.74) is 0.488. The lowest BCUT2D eigenvalue weighted by Gasteiger charge is -2.36. The highest BCUT2D eigenvalue weighted by Crippen LogP contribution is 2.27. The van der Waals surface area contributed by atoms with E-state index in [1.165, 1.54) is 29.7 Å². The van der Waals surface area contributed by atoms with E-state index in [2.05, 4.69) is 25.0 Å². The van der Waals surface area contributed by atoms with Crippen molar-refractivity contribution in [2.75, 3.05) is 42.5 Å². The van der Waals surface area contributed by atoms with E-state index in [0.717, 1.165) is 5.82 Å². The molecule has 11 heteroatoms. The summed E-state index contributed by atoms with van der Waals surface area (Å²) in [5, 5.41) is 4.08. The number of benzene rings is 1. The van der Waals surface area contributed by atoms with E-state index in [0.29, 0.717) is 37.7 Å². The summed E-state index contributed by atoms with van der Waals surface area (Å²) < 4.78 is 15.1. The van der Waals surface area contributed by atoms with Gasteiger partial charge in [0.15, 0.2) is 5.82 Å². The maximum absolute atomic E-state index is 13.5. The van der Waals surface area contributed by atoms with Crippen LogP contribution in [0.15, 0.2) is 49.3 Å². The second-order valence-corrected chi connectivity index (χ2v) is 7.77. The van der Waals surface area contributed by atoms with Crippen molar-refractivity contribution in [3.05, 3.63) is 55.1 Å². The van der Waals surface area contributed by atoms with Crippen molar-refractivity contribution in [1.82, 2.24) is 29.6 Å². The van der Waals surface area contributed by atoms with Gasteiger partial charge in [0.1, 0.15) is 30.6 Å². The van der Waals surface area contributed by atoms with E-state index >= 15 is 0 Å². The van der Waals surface area contributed by atoms with Gasteiger partial charge in [-0.2, -0.15) is 5.10 Å². The van der Waals surface area contributed by atoms with Crippen LogP contribution in [0, 0.1) is 11.7 Å². The standard InChI is InChI=1S/C21H21FN8O2/c22-16-2-1-3-17(9-16)29-11-15(8-20(29)31)21(32)28-6-4-27(5-7-28)18-10-19(25-13-24-18)30-14-23-12-26-30/h1-3,9-10,12-15H,4-8,11H2. The summed E-state index contributed by atoms with van der Waals surface area (Å²) in [5.74, 6) is 0.351. The van der Waals surface area contributed by atoms with Crippen LogP contribution >= 0.6 is 0 Å². The normalized spacial score (nSPS) is 19.0. The molecule has 0 saturated carbocycles. The van der Waals surface area contributed by atoms with Crippen molar-refractivity contribution in [3.63, 3.8) is 0 Å². The third kappa shape index (κ3) is 3.88. The van der Waals surface area contributed by atoms with E-state index in [-0.39, 0.29) is 24.8 Å². The lowest BCUT2D eigenvalue weighted by atomic mass is 10.1. The lowest BCUT2D eigenvalue weighted by molar-refractivity contribution is -0.136. The van der Waals surface area contributed by atoms with E-state index in [1.54, 1.807) is 28.0 Å². The Kier molecular flexibility index (Phi) is 5.21. The quantitative estimate of drug-likeness (QED) is 0.599. The third-order valence-electron chi connectivity index (χ3n) is 5.80. The number of anilines is 2. The monoisotopic (exact) mass is 436 g/mol. The number of piperazine rings is 1. The number of nitrogens with zero attached hydrogens (tertiary/aromatic N) is 8. The van der Waals surface area contributed by atoms with E-state index in [4.69, 9.17) is 0 Å². The first kappa shape index (κ1) is 20.0. The predicted octanol–water partition coefficient (Wildman–Crippen LogP) is 0.898. The molecule has 5 rings (SSSR count). The summed E-state index contributed by atoms with van der Waals surface area (Å²) in [6.45, 7) is 2.58. The molecule has 0 bridgehead atoms. The third-order valence-corrected chi connectivity index (χ3v) is 5.80. The summed E-state index contributed by atoms with van der Waals surface area (Å²) in [6.07, 6.45) is 4.63. The molecule has 1 unspecified atom stereocenters. The molecule has 2 fully saturated rings. The molecule has 1 aromatic carbocycles. The van der Waals surface area contributed by atoms with Gasteiger partial charge in [0.05, 0.1) is 5.92 Å². The highest BCUT2D eigenvalue weighted by Gasteiger charge is 2.38. The highest BCUT2D eigenvalue weighted by molar-refractivity contribution is 6.00. The first-order valence-electron chi connectivity index (χ1n) is 10.4. The van der Waals surface area contributed by atoms with Crippen LogP contribution in [-0.2, 0) is 9.59 Å². The van der Waals surface area contributed by atoms with E-state index in [1.807, 2.05) is 6.07 Å². The maximum atomic E-state index is 13.5. The van der Waals surface area contributed by atoms with Crippen molar-refractivity contribution in [2.45, 2.75) is 6.42 Å². The van der Waals surface area contributed by atoms with Crippen LogP contribution in [-0.4, -0.2) is 74.2 Å². The summed E-state index contributed by atoms with van der Waals surface area (Å²) >= 11 is 0. The average Bonchev–Trinajstić information content (AvgIpc) is 3.49. The molecule has 3 aromatic rings. The minimum atomic E-state index is -0.421. The molecule has 1 atom stereocenters. The topological polar surface area (TPSA) is 100 Å². The molecule has 0 aliphatic carbocycles. The number of hydrogen-bond donors (Lipinski definition) is 0. The van der Waals surface area contributed by atoms with Gasteiger partial charge < -0.3 is 14.7 Å². The summed E-state index contributed by atoms with van der Waals surface area (Å²) in [7, 11) is 0. The minimum Gasteiger partial charge on any atom is -0.353 e. The number of rotatable bonds is 4. The van der Waals surface area contributed by atoms with Crippen LogP contribution in [0.5, 0.6) is 0 Å². The van der Waals surface area contributed by atoms with Crippen molar-refractivity contribution in [1.29, 1.82) is 0 Å². The Morgan fingerprint density at radius 2 is 1.84 bits per heavy atom. The maximum Gasteiger partial charge on any atom is 0.228 e. The summed E-state index contributed by atoms with van der Waals surface area (Å²) in [4.78, 5) is 43.4. The summed E-state index contributed by atoms with van der Waals surface area (Å²) in [6, 6.07) is 7.73. The van der Waals surface area contributed by atoms with Crippen molar-refractivity contribution < 1.29 is 14.0 Å². The molecule has 32 heavy (non-hydrogen) atoms. The van der Waals surface area contributed by atoms with Gasteiger partial charge in [-0.05, 0) is 18.2 Å². The Bertz CT molecular complexity index is 1130. The van der Waals surface area contributed by atoms with Crippen molar-refractivity contribution in [3.8, 4) is 5.82 Å². The molecule has 10 nitrogen and oxygen atoms in total. The largest absolute Gasteiger partial charge is 0.353 e. The lowest BCUT2D eigenvalue weighted by Crippen LogP contribution is -2.51. The number of halogens is 1. The zero-order valence-electron chi connectivity index (χ0n) is 17.2. The molecule has 0 N–H and O–H groups in total. The van der Waals surface area contributed by atoms with Gasteiger partial charge in [0.25, 0.3) is 0 Å². The highest BCUT2D eigenvalue weighted by atomic mass is 19.1. The van der Waals surface area contributed by atoms with Gasteiger partial charge in [-0.1, -0.05) is 6.07 Å². The Balaban J connectivity index is 1.21. The Morgan fingerprint density at radius 1 is 1.03 bits per heavy atom.